The van der Waals surface area contributed by atoms with Crippen molar-refractivity contribution in [2.45, 2.75) is 17.9 Å². The van der Waals surface area contributed by atoms with Gasteiger partial charge in [0.15, 0.2) is 0 Å². The number of hydrogen-bond acceptors (Lipinski definition) is 4. The Hall–Kier alpha value is -1.36. The molecule has 1 N–H and O–H groups in total. The summed E-state index contributed by atoms with van der Waals surface area (Å²) in [7, 11) is 1.72. The fourth-order valence-corrected chi connectivity index (χ4v) is 2.97. The number of aromatic nitrogens is 1. The van der Waals surface area contributed by atoms with E-state index >= 15 is 0 Å². The van der Waals surface area contributed by atoms with Crippen LogP contribution in [0.25, 0.3) is 0 Å². The van der Waals surface area contributed by atoms with Gasteiger partial charge in [0.2, 0.25) is 0 Å². The molecule has 112 valence electrons. The Bertz CT molecular complexity index is 519. The number of thioether (sulfide) groups is 1. The van der Waals surface area contributed by atoms with Gasteiger partial charge in [0.05, 0.1) is 6.61 Å². The summed E-state index contributed by atoms with van der Waals surface area (Å²) in [5, 5.41) is 3.37. The fourth-order valence-electron chi connectivity index (χ4n) is 1.98. The van der Waals surface area contributed by atoms with E-state index in [2.05, 4.69) is 40.6 Å². The maximum atomic E-state index is 5.03. The van der Waals surface area contributed by atoms with Crippen molar-refractivity contribution in [3.05, 3.63) is 59.9 Å². The molecule has 0 aliphatic carbocycles. The number of hydrogen-bond donors (Lipinski definition) is 1. The van der Waals surface area contributed by atoms with E-state index in [1.807, 2.05) is 30.2 Å². The SMILES string of the molecule is COCCNCc1cccc(SCCc2cccnc2)c1. The lowest BCUT2D eigenvalue weighted by Crippen LogP contribution is -2.18. The van der Waals surface area contributed by atoms with Crippen LogP contribution in [0.2, 0.25) is 0 Å². The molecular formula is C17H22N2OS. The summed E-state index contributed by atoms with van der Waals surface area (Å²) in [5.41, 5.74) is 2.61. The van der Waals surface area contributed by atoms with Gasteiger partial charge in [-0.25, -0.2) is 0 Å². The van der Waals surface area contributed by atoms with E-state index in [4.69, 9.17) is 4.74 Å². The zero-order valence-electron chi connectivity index (χ0n) is 12.4. The van der Waals surface area contributed by atoms with Crippen molar-refractivity contribution < 1.29 is 4.74 Å². The van der Waals surface area contributed by atoms with Crippen LogP contribution in [0.1, 0.15) is 11.1 Å². The maximum Gasteiger partial charge on any atom is 0.0587 e. The number of methoxy groups -OCH3 is 1. The van der Waals surface area contributed by atoms with Crippen molar-refractivity contribution in [2.24, 2.45) is 0 Å². The topological polar surface area (TPSA) is 34.1 Å². The fraction of sp³-hybridized carbons (Fsp3) is 0.353. The van der Waals surface area contributed by atoms with Crippen LogP contribution < -0.4 is 5.32 Å². The predicted octanol–water partition coefficient (Wildman–Crippen LogP) is 3.15. The molecule has 3 nitrogen and oxygen atoms in total. The van der Waals surface area contributed by atoms with Crippen molar-refractivity contribution in [1.82, 2.24) is 10.3 Å². The summed E-state index contributed by atoms with van der Waals surface area (Å²) >= 11 is 1.89. The number of rotatable bonds is 9. The highest BCUT2D eigenvalue weighted by atomic mass is 32.2. The quantitative estimate of drug-likeness (QED) is 0.570. The summed E-state index contributed by atoms with van der Waals surface area (Å²) in [4.78, 5) is 5.47. The smallest absolute Gasteiger partial charge is 0.0587 e. The van der Waals surface area contributed by atoms with Gasteiger partial charge in [0, 0.05) is 43.2 Å². The molecule has 0 aliphatic heterocycles. The van der Waals surface area contributed by atoms with E-state index in [-0.39, 0.29) is 0 Å². The van der Waals surface area contributed by atoms with E-state index in [1.54, 1.807) is 7.11 Å². The normalized spacial score (nSPS) is 10.7. The Labute approximate surface area is 131 Å². The number of benzene rings is 1. The Kier molecular flexibility index (Phi) is 7.29. The van der Waals surface area contributed by atoms with Gasteiger partial charge in [-0.1, -0.05) is 18.2 Å². The molecule has 0 aliphatic rings. The van der Waals surface area contributed by atoms with Crippen molar-refractivity contribution >= 4 is 11.8 Å². The summed E-state index contributed by atoms with van der Waals surface area (Å²) < 4.78 is 5.03. The molecule has 0 radical (unpaired) electrons. The molecule has 2 aromatic rings. The average molecular weight is 302 g/mol. The highest BCUT2D eigenvalue weighted by molar-refractivity contribution is 7.99. The van der Waals surface area contributed by atoms with E-state index < -0.39 is 0 Å². The molecule has 0 spiro atoms. The zero-order valence-corrected chi connectivity index (χ0v) is 13.2. The van der Waals surface area contributed by atoms with E-state index in [0.29, 0.717) is 0 Å². The number of pyridine rings is 1. The molecular weight excluding hydrogens is 280 g/mol. The molecule has 4 heteroatoms. The lowest BCUT2D eigenvalue weighted by Gasteiger charge is -2.07. The van der Waals surface area contributed by atoms with E-state index in [9.17, 15) is 0 Å². The monoisotopic (exact) mass is 302 g/mol. The third-order valence-electron chi connectivity index (χ3n) is 3.09. The van der Waals surface area contributed by atoms with Crippen molar-refractivity contribution in [1.29, 1.82) is 0 Å². The second-order valence-corrected chi connectivity index (χ2v) is 5.95. The first-order chi connectivity index (χ1) is 10.4. The highest BCUT2D eigenvalue weighted by Crippen LogP contribution is 2.20. The van der Waals surface area contributed by atoms with E-state index in [1.165, 1.54) is 16.0 Å². The summed E-state index contributed by atoms with van der Waals surface area (Å²) in [6.45, 7) is 2.52. The van der Waals surface area contributed by atoms with Gasteiger partial charge >= 0.3 is 0 Å². The van der Waals surface area contributed by atoms with Crippen LogP contribution in [0.15, 0.2) is 53.7 Å². The van der Waals surface area contributed by atoms with Crippen LogP contribution in [0.4, 0.5) is 0 Å². The first kappa shape index (κ1) is 16.0. The Morgan fingerprint density at radius 2 is 2.10 bits per heavy atom. The Balaban J connectivity index is 1.75. The third-order valence-corrected chi connectivity index (χ3v) is 4.09. The second kappa shape index (κ2) is 9.55. The Morgan fingerprint density at radius 3 is 2.90 bits per heavy atom. The van der Waals surface area contributed by atoms with Crippen molar-refractivity contribution in [3.63, 3.8) is 0 Å². The molecule has 1 aromatic carbocycles. The molecule has 0 saturated carbocycles. The molecule has 21 heavy (non-hydrogen) atoms. The van der Waals surface area contributed by atoms with Crippen LogP contribution in [0, 0.1) is 0 Å². The minimum Gasteiger partial charge on any atom is -0.383 e. The first-order valence-corrected chi connectivity index (χ1v) is 8.17. The molecule has 1 heterocycles. The second-order valence-electron chi connectivity index (χ2n) is 4.78. The lowest BCUT2D eigenvalue weighted by atomic mass is 10.2. The molecule has 0 fully saturated rings. The lowest BCUT2D eigenvalue weighted by molar-refractivity contribution is 0.199. The van der Waals surface area contributed by atoms with Gasteiger partial charge in [-0.15, -0.1) is 11.8 Å². The van der Waals surface area contributed by atoms with Crippen LogP contribution in [-0.4, -0.2) is 31.0 Å². The number of nitrogens with one attached hydrogen (secondary N) is 1. The van der Waals surface area contributed by atoms with Crippen LogP contribution >= 0.6 is 11.8 Å². The van der Waals surface area contributed by atoms with Crippen LogP contribution in [0.3, 0.4) is 0 Å². The number of nitrogens with zero attached hydrogens (tertiary/aromatic N) is 1. The zero-order chi connectivity index (χ0) is 14.8. The molecule has 0 amide bonds. The predicted molar refractivity (Wildman–Crippen MR) is 88.7 cm³/mol. The standard InChI is InChI=1S/C17H22N2OS/c1-20-10-9-19-14-16-4-2-6-17(12-16)21-11-7-15-5-3-8-18-13-15/h2-6,8,12-13,19H,7,9-11,14H2,1H3. The Morgan fingerprint density at radius 1 is 1.19 bits per heavy atom. The van der Waals surface area contributed by atoms with Gasteiger partial charge in [-0.3, -0.25) is 4.98 Å². The average Bonchev–Trinajstić information content (AvgIpc) is 2.53. The molecule has 1 aromatic heterocycles. The molecule has 0 unspecified atom stereocenters. The van der Waals surface area contributed by atoms with Gasteiger partial charge in [0.25, 0.3) is 0 Å². The van der Waals surface area contributed by atoms with Gasteiger partial charge < -0.3 is 10.1 Å². The summed E-state index contributed by atoms with van der Waals surface area (Å²) in [5.74, 6) is 1.08. The number of ether oxygens (including phenoxy) is 1. The third kappa shape index (κ3) is 6.29. The van der Waals surface area contributed by atoms with Crippen LogP contribution in [-0.2, 0) is 17.7 Å². The number of aryl methyl sites for hydroxylation is 1. The first-order valence-electron chi connectivity index (χ1n) is 7.19. The van der Waals surface area contributed by atoms with Crippen molar-refractivity contribution in [3.8, 4) is 0 Å². The maximum absolute atomic E-state index is 5.03. The molecule has 0 bridgehead atoms. The molecule has 0 atom stereocenters. The molecule has 2 rings (SSSR count). The largest absolute Gasteiger partial charge is 0.383 e. The van der Waals surface area contributed by atoms with Crippen molar-refractivity contribution in [2.75, 3.05) is 26.0 Å². The summed E-state index contributed by atoms with van der Waals surface area (Å²) in [6.07, 6.45) is 4.81. The van der Waals surface area contributed by atoms with Gasteiger partial charge in [0.1, 0.15) is 0 Å². The molecule has 0 saturated heterocycles. The highest BCUT2D eigenvalue weighted by Gasteiger charge is 1.98. The van der Waals surface area contributed by atoms with E-state index in [0.717, 1.165) is 31.9 Å². The minimum absolute atomic E-state index is 0.750. The van der Waals surface area contributed by atoms with Gasteiger partial charge in [-0.2, -0.15) is 0 Å². The van der Waals surface area contributed by atoms with Gasteiger partial charge in [-0.05, 0) is 35.7 Å². The summed E-state index contributed by atoms with van der Waals surface area (Å²) in [6, 6.07) is 12.8. The van der Waals surface area contributed by atoms with Crippen LogP contribution in [0.5, 0.6) is 0 Å². The minimum atomic E-state index is 0.750.